The first kappa shape index (κ1) is 18.7. The molecule has 1 aliphatic rings. The largest absolute Gasteiger partial charge is 0.376 e. The Hall–Kier alpha value is -1.05. The molecule has 0 spiro atoms. The number of ether oxygens (including phenoxy) is 1. The third-order valence-corrected chi connectivity index (χ3v) is 5.05. The summed E-state index contributed by atoms with van der Waals surface area (Å²) >= 11 is 23.5. The minimum absolute atomic E-state index is 0.211. The molecular formula is C16H17Cl3N4OS. The van der Waals surface area contributed by atoms with Crippen LogP contribution >= 0.6 is 47.0 Å². The number of benzene rings is 1. The van der Waals surface area contributed by atoms with Gasteiger partial charge >= 0.3 is 0 Å². The molecule has 0 amide bonds. The third-order valence-electron chi connectivity index (χ3n) is 3.79. The molecule has 1 fully saturated rings. The molecule has 0 radical (unpaired) electrons. The minimum Gasteiger partial charge on any atom is -0.376 e. The Bertz CT molecular complexity index is 762. The summed E-state index contributed by atoms with van der Waals surface area (Å²) in [5.41, 5.74) is 0.971. The number of aromatic nitrogens is 2. The summed E-state index contributed by atoms with van der Waals surface area (Å²) in [5.74, 6) is 0.506. The molecular weight excluding hydrogens is 403 g/mol. The molecule has 1 aromatic heterocycles. The average molecular weight is 420 g/mol. The standard InChI is InChI=1S/C16H17Cl3N4OS/c17-12-4-3-10(6-13(12)18)8-23-9-14(19)15(22-23)21-16(25)20-7-11-2-1-5-24-11/h3-4,6,9,11H,1-2,5,7-8H2,(H2,20,21,22,25). The Balaban J connectivity index is 1.57. The van der Waals surface area contributed by atoms with E-state index in [0.29, 0.717) is 39.1 Å². The van der Waals surface area contributed by atoms with Crippen LogP contribution < -0.4 is 10.6 Å². The highest BCUT2D eigenvalue weighted by Gasteiger charge is 2.16. The van der Waals surface area contributed by atoms with E-state index in [9.17, 15) is 0 Å². The summed E-state index contributed by atoms with van der Waals surface area (Å²) in [5, 5.41) is 12.5. The van der Waals surface area contributed by atoms with Crippen molar-refractivity contribution in [2.45, 2.75) is 25.5 Å². The van der Waals surface area contributed by atoms with Gasteiger partial charge in [0.2, 0.25) is 0 Å². The smallest absolute Gasteiger partial charge is 0.173 e. The highest BCUT2D eigenvalue weighted by molar-refractivity contribution is 7.80. The van der Waals surface area contributed by atoms with Crippen LogP contribution in [0.4, 0.5) is 5.82 Å². The van der Waals surface area contributed by atoms with Gasteiger partial charge in [-0.15, -0.1) is 0 Å². The van der Waals surface area contributed by atoms with E-state index in [2.05, 4.69) is 15.7 Å². The maximum atomic E-state index is 6.23. The highest BCUT2D eigenvalue weighted by Crippen LogP contribution is 2.24. The molecule has 2 heterocycles. The summed E-state index contributed by atoms with van der Waals surface area (Å²) in [6.45, 7) is 2.01. The van der Waals surface area contributed by atoms with Crippen LogP contribution in [0.3, 0.4) is 0 Å². The van der Waals surface area contributed by atoms with Crippen molar-refractivity contribution in [3.63, 3.8) is 0 Å². The molecule has 2 aromatic rings. The van der Waals surface area contributed by atoms with E-state index in [-0.39, 0.29) is 6.10 Å². The van der Waals surface area contributed by atoms with Crippen LogP contribution in [0, 0.1) is 0 Å². The number of nitrogens with one attached hydrogen (secondary N) is 2. The molecule has 1 atom stereocenters. The van der Waals surface area contributed by atoms with Crippen molar-refractivity contribution < 1.29 is 4.74 Å². The van der Waals surface area contributed by atoms with Gasteiger partial charge in [-0.3, -0.25) is 4.68 Å². The first-order valence-electron chi connectivity index (χ1n) is 7.84. The van der Waals surface area contributed by atoms with Crippen molar-refractivity contribution >= 4 is 58.0 Å². The zero-order valence-electron chi connectivity index (χ0n) is 13.3. The van der Waals surface area contributed by atoms with Crippen LogP contribution in [-0.4, -0.2) is 34.1 Å². The molecule has 0 bridgehead atoms. The molecule has 1 unspecified atom stereocenters. The van der Waals surface area contributed by atoms with Gasteiger partial charge in [-0.25, -0.2) is 0 Å². The van der Waals surface area contributed by atoms with Crippen molar-refractivity contribution in [1.29, 1.82) is 0 Å². The second-order valence-corrected chi connectivity index (χ2v) is 7.37. The summed E-state index contributed by atoms with van der Waals surface area (Å²) in [6.07, 6.45) is 4.09. The minimum atomic E-state index is 0.211. The first-order valence-corrected chi connectivity index (χ1v) is 9.39. The molecule has 1 aliphatic heterocycles. The van der Waals surface area contributed by atoms with Gasteiger partial charge in [0.1, 0.15) is 5.02 Å². The Labute approximate surface area is 166 Å². The number of nitrogens with zero attached hydrogens (tertiary/aromatic N) is 2. The van der Waals surface area contributed by atoms with Crippen molar-refractivity contribution in [3.8, 4) is 0 Å². The second-order valence-electron chi connectivity index (χ2n) is 5.74. The van der Waals surface area contributed by atoms with Crippen LogP contribution in [0.25, 0.3) is 0 Å². The quantitative estimate of drug-likeness (QED) is 0.705. The van der Waals surface area contributed by atoms with Gasteiger partial charge < -0.3 is 15.4 Å². The fraction of sp³-hybridized carbons (Fsp3) is 0.375. The Morgan fingerprint density at radius 2 is 2.12 bits per heavy atom. The first-order chi connectivity index (χ1) is 12.0. The lowest BCUT2D eigenvalue weighted by Gasteiger charge is -2.13. The Kier molecular flexibility index (Phi) is 6.41. The van der Waals surface area contributed by atoms with Gasteiger partial charge in [0.15, 0.2) is 10.9 Å². The topological polar surface area (TPSA) is 51.1 Å². The molecule has 1 aromatic carbocycles. The van der Waals surface area contributed by atoms with E-state index in [1.807, 2.05) is 6.07 Å². The van der Waals surface area contributed by atoms with Crippen molar-refractivity contribution in [1.82, 2.24) is 15.1 Å². The van der Waals surface area contributed by atoms with E-state index in [1.54, 1.807) is 23.0 Å². The van der Waals surface area contributed by atoms with E-state index < -0.39 is 0 Å². The lowest BCUT2D eigenvalue weighted by atomic mass is 10.2. The van der Waals surface area contributed by atoms with Crippen LogP contribution in [0.2, 0.25) is 15.1 Å². The summed E-state index contributed by atoms with van der Waals surface area (Å²) < 4.78 is 7.27. The number of thiocarbonyl (C=S) groups is 1. The molecule has 1 saturated heterocycles. The predicted molar refractivity (Wildman–Crippen MR) is 106 cm³/mol. The Morgan fingerprint density at radius 1 is 1.28 bits per heavy atom. The van der Waals surface area contributed by atoms with Crippen LogP contribution in [0.15, 0.2) is 24.4 Å². The van der Waals surface area contributed by atoms with Gasteiger partial charge in [0, 0.05) is 19.3 Å². The number of halogens is 3. The van der Waals surface area contributed by atoms with E-state index in [0.717, 1.165) is 25.0 Å². The molecule has 9 heteroatoms. The lowest BCUT2D eigenvalue weighted by Crippen LogP contribution is -2.35. The normalized spacial score (nSPS) is 16.8. The maximum absolute atomic E-state index is 6.23. The van der Waals surface area contributed by atoms with Crippen molar-refractivity contribution in [2.24, 2.45) is 0 Å². The van der Waals surface area contributed by atoms with Gasteiger partial charge in [0.05, 0.1) is 22.7 Å². The number of hydrogen-bond donors (Lipinski definition) is 2. The third kappa shape index (κ3) is 5.21. The molecule has 134 valence electrons. The lowest BCUT2D eigenvalue weighted by molar-refractivity contribution is 0.114. The molecule has 5 nitrogen and oxygen atoms in total. The molecule has 0 aliphatic carbocycles. The van der Waals surface area contributed by atoms with Gasteiger partial charge in [-0.1, -0.05) is 40.9 Å². The van der Waals surface area contributed by atoms with Gasteiger partial charge in [-0.05, 0) is 42.8 Å². The van der Waals surface area contributed by atoms with Crippen molar-refractivity contribution in [2.75, 3.05) is 18.5 Å². The Morgan fingerprint density at radius 3 is 2.84 bits per heavy atom. The monoisotopic (exact) mass is 418 g/mol. The maximum Gasteiger partial charge on any atom is 0.173 e. The van der Waals surface area contributed by atoms with Crippen LogP contribution in [0.5, 0.6) is 0 Å². The molecule has 0 saturated carbocycles. The fourth-order valence-electron chi connectivity index (χ4n) is 2.55. The van der Waals surface area contributed by atoms with Gasteiger partial charge in [-0.2, -0.15) is 5.10 Å². The summed E-state index contributed by atoms with van der Waals surface area (Å²) in [4.78, 5) is 0. The van der Waals surface area contributed by atoms with Crippen LogP contribution in [-0.2, 0) is 11.3 Å². The summed E-state index contributed by atoms with van der Waals surface area (Å²) in [6, 6.07) is 5.46. The van der Waals surface area contributed by atoms with E-state index in [1.165, 1.54) is 0 Å². The zero-order chi connectivity index (χ0) is 17.8. The SMILES string of the molecule is S=C(NCC1CCCO1)Nc1nn(Cc2ccc(Cl)c(Cl)c2)cc1Cl. The molecule has 2 N–H and O–H groups in total. The average Bonchev–Trinajstić information content (AvgIpc) is 3.19. The van der Waals surface area contributed by atoms with Crippen molar-refractivity contribution in [3.05, 3.63) is 45.0 Å². The molecule has 3 rings (SSSR count). The van der Waals surface area contributed by atoms with Crippen LogP contribution in [0.1, 0.15) is 18.4 Å². The number of rotatable bonds is 5. The van der Waals surface area contributed by atoms with Gasteiger partial charge in [0.25, 0.3) is 0 Å². The number of hydrogen-bond acceptors (Lipinski definition) is 3. The predicted octanol–water partition coefficient (Wildman–Crippen LogP) is 4.36. The van der Waals surface area contributed by atoms with E-state index in [4.69, 9.17) is 51.8 Å². The molecule has 25 heavy (non-hydrogen) atoms. The zero-order valence-corrected chi connectivity index (χ0v) is 16.4. The second kappa shape index (κ2) is 8.56. The fourth-order valence-corrected chi connectivity index (χ4v) is 3.25. The van der Waals surface area contributed by atoms with E-state index >= 15 is 0 Å². The number of anilines is 1. The highest BCUT2D eigenvalue weighted by atomic mass is 35.5. The summed E-state index contributed by atoms with van der Waals surface area (Å²) in [7, 11) is 0.